The van der Waals surface area contributed by atoms with Gasteiger partial charge in [0.2, 0.25) is 0 Å². The summed E-state index contributed by atoms with van der Waals surface area (Å²) in [6, 6.07) is 0. The van der Waals surface area contributed by atoms with Crippen LogP contribution in [0.4, 0.5) is 4.39 Å². The molecule has 1 fully saturated rings. The van der Waals surface area contributed by atoms with Gasteiger partial charge in [0.1, 0.15) is 11.7 Å². The maximum absolute atomic E-state index is 13.9. The fourth-order valence-electron chi connectivity index (χ4n) is 4.21. The third-order valence-electron chi connectivity index (χ3n) is 6.42. The highest BCUT2D eigenvalue weighted by atomic mass is 19.1. The Kier molecular flexibility index (Phi) is 12.3. The molecule has 4 heteroatoms. The van der Waals surface area contributed by atoms with Crippen LogP contribution in [0.15, 0.2) is 101 Å². The number of nitrogens with zero attached hydrogens (tertiary/aromatic N) is 3. The van der Waals surface area contributed by atoms with E-state index in [1.54, 1.807) is 6.08 Å². The molecule has 0 radical (unpaired) electrons. The number of hydrazine groups is 1. The SMILES string of the molecule is C=CC(/C=C/CC(=NC=C1CCC1)N(CCC)N(CC)C1=CC=C(F)CC=C1)=C(/CC)C(=C)CC. The Morgan fingerprint density at radius 3 is 2.49 bits per heavy atom. The van der Waals surface area contributed by atoms with Crippen molar-refractivity contribution in [2.45, 2.75) is 79.1 Å². The number of hydrogen-bond acceptors (Lipinski definition) is 2. The molecule has 190 valence electrons. The third kappa shape index (κ3) is 8.38. The van der Waals surface area contributed by atoms with E-state index in [2.05, 4.69) is 69.2 Å². The quantitative estimate of drug-likeness (QED) is 0.114. The van der Waals surface area contributed by atoms with Gasteiger partial charge in [0.15, 0.2) is 0 Å². The van der Waals surface area contributed by atoms with Crippen molar-refractivity contribution in [3.63, 3.8) is 0 Å². The van der Waals surface area contributed by atoms with E-state index in [-0.39, 0.29) is 5.83 Å². The van der Waals surface area contributed by atoms with Crippen molar-refractivity contribution in [1.29, 1.82) is 0 Å². The van der Waals surface area contributed by atoms with Crippen molar-refractivity contribution in [1.82, 2.24) is 10.0 Å². The van der Waals surface area contributed by atoms with E-state index >= 15 is 0 Å². The Hall–Kier alpha value is -2.88. The van der Waals surface area contributed by atoms with Crippen molar-refractivity contribution in [3.05, 3.63) is 95.7 Å². The molecule has 2 rings (SSSR count). The summed E-state index contributed by atoms with van der Waals surface area (Å²) in [5.74, 6) is 0.869. The van der Waals surface area contributed by atoms with Gasteiger partial charge in [-0.3, -0.25) is 10.0 Å². The number of rotatable bonds is 13. The second-order valence-corrected chi connectivity index (χ2v) is 8.89. The van der Waals surface area contributed by atoms with Crippen molar-refractivity contribution in [2.75, 3.05) is 13.1 Å². The van der Waals surface area contributed by atoms with Gasteiger partial charge in [-0.05, 0) is 74.8 Å². The van der Waals surface area contributed by atoms with Crippen LogP contribution in [0, 0.1) is 0 Å². The minimum absolute atomic E-state index is 0.120. The van der Waals surface area contributed by atoms with Crippen LogP contribution in [-0.4, -0.2) is 28.9 Å². The van der Waals surface area contributed by atoms with Crippen LogP contribution in [0.25, 0.3) is 0 Å². The fraction of sp³-hybridized carbons (Fsp3) is 0.452. The molecule has 1 saturated carbocycles. The summed E-state index contributed by atoms with van der Waals surface area (Å²) in [7, 11) is 0. The van der Waals surface area contributed by atoms with Crippen molar-refractivity contribution >= 4 is 5.84 Å². The summed E-state index contributed by atoms with van der Waals surface area (Å²) in [6.07, 6.45) is 23.0. The van der Waals surface area contributed by atoms with Crippen LogP contribution in [0.3, 0.4) is 0 Å². The average molecular weight is 478 g/mol. The van der Waals surface area contributed by atoms with Gasteiger partial charge in [-0.1, -0.05) is 69.4 Å². The first-order chi connectivity index (χ1) is 17.0. The van der Waals surface area contributed by atoms with Gasteiger partial charge in [0.25, 0.3) is 0 Å². The van der Waals surface area contributed by atoms with E-state index in [0.29, 0.717) is 12.8 Å². The summed E-state index contributed by atoms with van der Waals surface area (Å²) in [5.41, 5.74) is 5.93. The molecule has 0 heterocycles. The third-order valence-corrected chi connectivity index (χ3v) is 6.42. The molecule has 0 spiro atoms. The summed E-state index contributed by atoms with van der Waals surface area (Å²) >= 11 is 0. The molecule has 0 aromatic heterocycles. The molecule has 0 unspecified atom stereocenters. The molecule has 0 aliphatic heterocycles. The second-order valence-electron chi connectivity index (χ2n) is 8.89. The maximum Gasteiger partial charge on any atom is 0.126 e. The topological polar surface area (TPSA) is 18.8 Å². The number of hydrogen-bond donors (Lipinski definition) is 0. The normalized spacial score (nSPS) is 16.7. The summed E-state index contributed by atoms with van der Waals surface area (Å²) < 4.78 is 13.9. The van der Waals surface area contributed by atoms with Gasteiger partial charge in [-0.2, -0.15) is 0 Å². The van der Waals surface area contributed by atoms with Crippen LogP contribution >= 0.6 is 0 Å². The molecule has 35 heavy (non-hydrogen) atoms. The molecule has 0 atom stereocenters. The van der Waals surface area contributed by atoms with Crippen LogP contribution in [0.5, 0.6) is 0 Å². The summed E-state index contributed by atoms with van der Waals surface area (Å²) in [6.45, 7) is 18.5. The van der Waals surface area contributed by atoms with Crippen LogP contribution in [0.2, 0.25) is 0 Å². The molecule has 0 aromatic rings. The number of likely N-dealkylation sites (N-methyl/N-ethyl adjacent to an activating group) is 1. The lowest BCUT2D eigenvalue weighted by atomic mass is 9.94. The summed E-state index contributed by atoms with van der Waals surface area (Å²) in [5, 5.41) is 4.47. The molecule has 2 aliphatic rings. The molecule has 3 nitrogen and oxygen atoms in total. The molecule has 0 aromatic carbocycles. The van der Waals surface area contributed by atoms with Gasteiger partial charge < -0.3 is 0 Å². The van der Waals surface area contributed by atoms with E-state index in [4.69, 9.17) is 4.99 Å². The molecule has 0 bridgehead atoms. The molecular weight excluding hydrogens is 433 g/mol. The standard InChI is InChI=1S/C31H44FN3/c1-7-23-35(34(11-5)29-19-14-18-28(32)21-22-29)31(33-24-26-15-12-16-26)20-13-17-27(9-3)30(10-4)25(6)8-2/h9,13-14,17,19,21-22,24H,3,6-8,10-12,15-16,18,20,23H2,1-2,4-5H3/b17-13+,30-27+,33-31?. The van der Waals surface area contributed by atoms with E-state index < -0.39 is 0 Å². The Bertz CT molecular complexity index is 950. The first-order valence-electron chi connectivity index (χ1n) is 13.2. The Morgan fingerprint density at radius 1 is 1.14 bits per heavy atom. The lowest BCUT2D eigenvalue weighted by Crippen LogP contribution is -2.46. The van der Waals surface area contributed by atoms with E-state index in [9.17, 15) is 4.39 Å². The summed E-state index contributed by atoms with van der Waals surface area (Å²) in [4.78, 5) is 4.99. The Morgan fingerprint density at radius 2 is 1.91 bits per heavy atom. The average Bonchev–Trinajstić information content (AvgIpc) is 3.05. The first-order valence-corrected chi connectivity index (χ1v) is 13.2. The smallest absolute Gasteiger partial charge is 0.126 e. The van der Waals surface area contributed by atoms with Gasteiger partial charge in [-0.15, -0.1) is 0 Å². The zero-order valence-corrected chi connectivity index (χ0v) is 22.3. The van der Waals surface area contributed by atoms with Gasteiger partial charge in [0.05, 0.1) is 5.70 Å². The van der Waals surface area contributed by atoms with Crippen molar-refractivity contribution in [3.8, 4) is 0 Å². The first kappa shape index (κ1) is 28.4. The molecule has 0 N–H and O–H groups in total. The van der Waals surface area contributed by atoms with Crippen LogP contribution < -0.4 is 0 Å². The number of allylic oxidation sites excluding steroid dienone is 11. The number of amidine groups is 1. The highest BCUT2D eigenvalue weighted by Gasteiger charge is 2.19. The van der Waals surface area contributed by atoms with Crippen LogP contribution in [0.1, 0.15) is 79.1 Å². The monoisotopic (exact) mass is 477 g/mol. The zero-order chi connectivity index (χ0) is 25.6. The largest absolute Gasteiger partial charge is 0.285 e. The number of aliphatic imine (C=N–C) groups is 1. The minimum Gasteiger partial charge on any atom is -0.285 e. The fourth-order valence-corrected chi connectivity index (χ4v) is 4.21. The van der Waals surface area contributed by atoms with Gasteiger partial charge >= 0.3 is 0 Å². The second kappa shape index (κ2) is 15.2. The number of halogens is 1. The molecule has 2 aliphatic carbocycles. The highest BCUT2D eigenvalue weighted by Crippen LogP contribution is 2.26. The van der Waals surface area contributed by atoms with Crippen LogP contribution in [-0.2, 0) is 0 Å². The van der Waals surface area contributed by atoms with E-state index in [1.165, 1.54) is 17.6 Å². The maximum atomic E-state index is 13.9. The Labute approximate surface area is 213 Å². The lowest BCUT2D eigenvalue weighted by Gasteiger charge is -2.38. The van der Waals surface area contributed by atoms with Gasteiger partial charge in [-0.25, -0.2) is 9.38 Å². The predicted molar refractivity (Wildman–Crippen MR) is 150 cm³/mol. The zero-order valence-electron chi connectivity index (χ0n) is 22.3. The molecular formula is C31H44FN3. The molecule has 0 amide bonds. The van der Waals surface area contributed by atoms with Crippen molar-refractivity contribution < 1.29 is 4.39 Å². The van der Waals surface area contributed by atoms with E-state index in [0.717, 1.165) is 67.9 Å². The minimum atomic E-state index is -0.120. The van der Waals surface area contributed by atoms with Gasteiger partial charge in [0, 0.05) is 32.1 Å². The van der Waals surface area contributed by atoms with E-state index in [1.807, 2.05) is 24.3 Å². The lowest BCUT2D eigenvalue weighted by molar-refractivity contribution is 0.0957. The van der Waals surface area contributed by atoms with Crippen molar-refractivity contribution in [2.24, 2.45) is 4.99 Å². The molecule has 0 saturated heterocycles. The predicted octanol–water partition coefficient (Wildman–Crippen LogP) is 8.90. The highest BCUT2D eigenvalue weighted by molar-refractivity contribution is 5.84. The Balaban J connectivity index is 2.43.